The fraction of sp³-hybridized carbons (Fsp3) is 0.562. The highest BCUT2D eigenvalue weighted by atomic mass is 16.5. The molecule has 1 fully saturated rings. The number of ether oxygens (including phenoxy) is 1. The standard InChI is InChI=1S/C16H24N2O2/c1-12(17-2)10-13-4-8-15(9-5-13)20-11-16(19)18(3)14-6-7-14/h4-5,8-9,12,14,17H,6-7,10-11H2,1-3H3. The van der Waals surface area contributed by atoms with E-state index in [1.807, 2.05) is 26.2 Å². The van der Waals surface area contributed by atoms with Crippen LogP contribution in [-0.4, -0.2) is 43.6 Å². The molecule has 1 aliphatic rings. The first-order chi connectivity index (χ1) is 9.60. The summed E-state index contributed by atoms with van der Waals surface area (Å²) in [5.41, 5.74) is 1.26. The van der Waals surface area contributed by atoms with E-state index in [9.17, 15) is 4.79 Å². The van der Waals surface area contributed by atoms with Crippen LogP contribution in [0, 0.1) is 0 Å². The number of carbonyl (C=O) groups excluding carboxylic acids is 1. The van der Waals surface area contributed by atoms with E-state index >= 15 is 0 Å². The maximum atomic E-state index is 11.8. The van der Waals surface area contributed by atoms with Crippen molar-refractivity contribution < 1.29 is 9.53 Å². The van der Waals surface area contributed by atoms with Gasteiger partial charge >= 0.3 is 0 Å². The Morgan fingerprint density at radius 3 is 2.60 bits per heavy atom. The third kappa shape index (κ3) is 4.23. The molecule has 20 heavy (non-hydrogen) atoms. The average Bonchev–Trinajstić information content (AvgIpc) is 3.29. The minimum atomic E-state index is 0.0559. The summed E-state index contributed by atoms with van der Waals surface area (Å²) in [6, 6.07) is 8.87. The van der Waals surface area contributed by atoms with Crippen molar-refractivity contribution in [3.63, 3.8) is 0 Å². The molecule has 0 heterocycles. The Kier molecular flexibility index (Phi) is 5.01. The number of rotatable bonds is 7. The maximum absolute atomic E-state index is 11.8. The zero-order valence-corrected chi connectivity index (χ0v) is 12.6. The van der Waals surface area contributed by atoms with E-state index in [0.29, 0.717) is 12.1 Å². The van der Waals surface area contributed by atoms with Crippen molar-refractivity contribution in [2.24, 2.45) is 0 Å². The molecule has 0 bridgehead atoms. The van der Waals surface area contributed by atoms with Crippen molar-refractivity contribution in [1.29, 1.82) is 0 Å². The molecular formula is C16H24N2O2. The zero-order chi connectivity index (χ0) is 14.5. The molecule has 2 rings (SSSR count). The first-order valence-corrected chi connectivity index (χ1v) is 7.25. The van der Waals surface area contributed by atoms with Crippen LogP contribution in [0.1, 0.15) is 25.3 Å². The highest BCUT2D eigenvalue weighted by molar-refractivity contribution is 5.78. The third-order valence-electron chi connectivity index (χ3n) is 3.81. The molecule has 1 saturated carbocycles. The van der Waals surface area contributed by atoms with Crippen molar-refractivity contribution in [2.75, 3.05) is 20.7 Å². The van der Waals surface area contributed by atoms with Crippen molar-refractivity contribution in [3.8, 4) is 5.75 Å². The predicted octanol–water partition coefficient (Wildman–Crippen LogP) is 1.84. The normalized spacial score (nSPS) is 15.8. The number of carbonyl (C=O) groups is 1. The number of nitrogens with zero attached hydrogens (tertiary/aromatic N) is 1. The number of likely N-dealkylation sites (N-methyl/N-ethyl adjacent to an activating group) is 2. The first-order valence-electron chi connectivity index (χ1n) is 7.25. The van der Waals surface area contributed by atoms with Gasteiger partial charge in [0.2, 0.25) is 0 Å². The van der Waals surface area contributed by atoms with Gasteiger partial charge in [0.15, 0.2) is 6.61 Å². The quantitative estimate of drug-likeness (QED) is 0.826. The van der Waals surface area contributed by atoms with Crippen LogP contribution >= 0.6 is 0 Å². The molecule has 0 spiro atoms. The lowest BCUT2D eigenvalue weighted by Gasteiger charge is -2.16. The summed E-state index contributed by atoms with van der Waals surface area (Å²) in [4.78, 5) is 13.6. The monoisotopic (exact) mass is 276 g/mol. The van der Waals surface area contributed by atoms with E-state index in [0.717, 1.165) is 25.0 Å². The van der Waals surface area contributed by atoms with E-state index < -0.39 is 0 Å². The summed E-state index contributed by atoms with van der Waals surface area (Å²) < 4.78 is 5.55. The van der Waals surface area contributed by atoms with Gasteiger partial charge in [0.05, 0.1) is 0 Å². The van der Waals surface area contributed by atoms with Crippen LogP contribution < -0.4 is 10.1 Å². The summed E-state index contributed by atoms with van der Waals surface area (Å²) in [5, 5.41) is 3.22. The second-order valence-electron chi connectivity index (χ2n) is 5.56. The van der Waals surface area contributed by atoms with Crippen LogP contribution in [0.2, 0.25) is 0 Å². The lowest BCUT2D eigenvalue weighted by molar-refractivity contribution is -0.132. The van der Waals surface area contributed by atoms with Gasteiger partial charge in [-0.05, 0) is 50.9 Å². The Balaban J connectivity index is 1.79. The second-order valence-corrected chi connectivity index (χ2v) is 5.56. The van der Waals surface area contributed by atoms with Crippen LogP contribution in [0.4, 0.5) is 0 Å². The number of amides is 1. The Labute approximate surface area is 121 Å². The Morgan fingerprint density at radius 2 is 2.05 bits per heavy atom. The lowest BCUT2D eigenvalue weighted by Crippen LogP contribution is -2.33. The molecule has 1 N–H and O–H groups in total. The number of benzene rings is 1. The van der Waals surface area contributed by atoms with E-state index in [2.05, 4.69) is 24.4 Å². The highest BCUT2D eigenvalue weighted by Gasteiger charge is 2.29. The first kappa shape index (κ1) is 14.9. The van der Waals surface area contributed by atoms with Crippen LogP contribution in [0.5, 0.6) is 5.75 Å². The number of hydrogen-bond donors (Lipinski definition) is 1. The predicted molar refractivity (Wildman–Crippen MR) is 80.0 cm³/mol. The molecule has 1 aliphatic carbocycles. The van der Waals surface area contributed by atoms with Crippen LogP contribution in [-0.2, 0) is 11.2 Å². The van der Waals surface area contributed by atoms with Crippen LogP contribution in [0.15, 0.2) is 24.3 Å². The third-order valence-corrected chi connectivity index (χ3v) is 3.81. The van der Waals surface area contributed by atoms with Gasteiger partial charge in [-0.3, -0.25) is 4.79 Å². The minimum Gasteiger partial charge on any atom is -0.484 e. The van der Waals surface area contributed by atoms with Crippen molar-refractivity contribution in [1.82, 2.24) is 10.2 Å². The molecule has 0 radical (unpaired) electrons. The topological polar surface area (TPSA) is 41.6 Å². The summed E-state index contributed by atoms with van der Waals surface area (Å²) in [5.74, 6) is 0.809. The van der Waals surface area contributed by atoms with Crippen LogP contribution in [0.3, 0.4) is 0 Å². The molecule has 1 unspecified atom stereocenters. The molecule has 1 aromatic carbocycles. The Morgan fingerprint density at radius 1 is 1.40 bits per heavy atom. The maximum Gasteiger partial charge on any atom is 0.260 e. The average molecular weight is 276 g/mol. The molecule has 1 aromatic rings. The second kappa shape index (κ2) is 6.75. The largest absolute Gasteiger partial charge is 0.484 e. The molecule has 1 atom stereocenters. The minimum absolute atomic E-state index is 0.0559. The summed E-state index contributed by atoms with van der Waals surface area (Å²) >= 11 is 0. The SMILES string of the molecule is CNC(C)Cc1ccc(OCC(=O)N(C)C2CC2)cc1. The lowest BCUT2D eigenvalue weighted by atomic mass is 10.1. The van der Waals surface area contributed by atoms with Crippen molar-refractivity contribution in [2.45, 2.75) is 38.3 Å². The molecule has 0 aromatic heterocycles. The van der Waals surface area contributed by atoms with Gasteiger partial charge in [-0.25, -0.2) is 0 Å². The van der Waals surface area contributed by atoms with E-state index in [-0.39, 0.29) is 12.5 Å². The molecule has 4 heteroatoms. The smallest absolute Gasteiger partial charge is 0.260 e. The fourth-order valence-electron chi connectivity index (χ4n) is 2.09. The van der Waals surface area contributed by atoms with Gasteiger partial charge in [0, 0.05) is 19.1 Å². The molecular weight excluding hydrogens is 252 g/mol. The number of hydrogen-bond acceptors (Lipinski definition) is 3. The summed E-state index contributed by atoms with van der Waals surface area (Å²) in [7, 11) is 3.82. The molecule has 0 saturated heterocycles. The fourth-order valence-corrected chi connectivity index (χ4v) is 2.09. The molecule has 0 aliphatic heterocycles. The van der Waals surface area contributed by atoms with E-state index in [4.69, 9.17) is 4.74 Å². The Hall–Kier alpha value is -1.55. The molecule has 110 valence electrons. The summed E-state index contributed by atoms with van der Waals surface area (Å²) in [6.45, 7) is 2.27. The van der Waals surface area contributed by atoms with Crippen molar-refractivity contribution in [3.05, 3.63) is 29.8 Å². The summed E-state index contributed by atoms with van der Waals surface area (Å²) in [6.07, 6.45) is 3.24. The van der Waals surface area contributed by atoms with Crippen LogP contribution in [0.25, 0.3) is 0 Å². The van der Waals surface area contributed by atoms with E-state index in [1.165, 1.54) is 5.56 Å². The van der Waals surface area contributed by atoms with Gasteiger partial charge in [0.1, 0.15) is 5.75 Å². The zero-order valence-electron chi connectivity index (χ0n) is 12.6. The number of nitrogens with one attached hydrogen (secondary N) is 1. The van der Waals surface area contributed by atoms with Crippen molar-refractivity contribution >= 4 is 5.91 Å². The van der Waals surface area contributed by atoms with Gasteiger partial charge in [-0.1, -0.05) is 12.1 Å². The highest BCUT2D eigenvalue weighted by Crippen LogP contribution is 2.25. The van der Waals surface area contributed by atoms with E-state index in [1.54, 1.807) is 4.90 Å². The van der Waals surface area contributed by atoms with Gasteiger partial charge in [-0.2, -0.15) is 0 Å². The van der Waals surface area contributed by atoms with Gasteiger partial charge < -0.3 is 15.0 Å². The molecule has 4 nitrogen and oxygen atoms in total. The van der Waals surface area contributed by atoms with Gasteiger partial charge in [-0.15, -0.1) is 0 Å². The van der Waals surface area contributed by atoms with Gasteiger partial charge in [0.25, 0.3) is 5.91 Å². The Bertz CT molecular complexity index is 440. The molecule has 1 amide bonds.